The molecule has 2 heterocycles. The molecular weight excluding hydrogens is 469 g/mol. The van der Waals surface area contributed by atoms with Crippen molar-refractivity contribution in [1.29, 1.82) is 0 Å². The van der Waals surface area contributed by atoms with Crippen molar-refractivity contribution in [3.63, 3.8) is 0 Å². The fourth-order valence-electron chi connectivity index (χ4n) is 3.19. The molecule has 1 aliphatic heterocycles. The second kappa shape index (κ2) is 9.13. The summed E-state index contributed by atoms with van der Waals surface area (Å²) in [4.78, 5) is 12.8. The first-order chi connectivity index (χ1) is 14.4. The van der Waals surface area contributed by atoms with Gasteiger partial charge in [0.05, 0.1) is 5.56 Å². The number of thiophene rings is 1. The van der Waals surface area contributed by atoms with Crippen molar-refractivity contribution in [3.8, 4) is 0 Å². The van der Waals surface area contributed by atoms with Crippen LogP contribution in [-0.2, 0) is 21.6 Å². The molecule has 31 heavy (non-hydrogen) atoms. The van der Waals surface area contributed by atoms with Gasteiger partial charge in [0, 0.05) is 36.6 Å². The van der Waals surface area contributed by atoms with Crippen LogP contribution in [0.3, 0.4) is 0 Å². The molecule has 0 unspecified atom stereocenters. The summed E-state index contributed by atoms with van der Waals surface area (Å²) in [5.41, 5.74) is -1.12. The van der Waals surface area contributed by atoms with Crippen LogP contribution >= 0.6 is 23.1 Å². The maximum atomic E-state index is 13.0. The lowest BCUT2D eigenvalue weighted by molar-refractivity contribution is -0.137. The van der Waals surface area contributed by atoms with Gasteiger partial charge in [-0.1, -0.05) is 32.0 Å². The van der Waals surface area contributed by atoms with Gasteiger partial charge in [-0.2, -0.15) is 29.2 Å². The molecule has 2 aromatic rings. The van der Waals surface area contributed by atoms with E-state index < -0.39 is 33.1 Å². The highest BCUT2D eigenvalue weighted by atomic mass is 32.2. The first kappa shape index (κ1) is 24.1. The standard InChI is InChI=1S/C20H23F3N2O3S3/c1-19(2,14-4-3-5-15(12-14)20(21,22)23)13-24-18(26)17-16(6-9-30-17)31(27,28)25-7-10-29-11-8-25/h3-6,9,12H,7-8,10-11,13H2,1-2H3,(H,24,26). The molecule has 11 heteroatoms. The average molecular weight is 493 g/mol. The summed E-state index contributed by atoms with van der Waals surface area (Å²) >= 11 is 2.71. The second-order valence-corrected chi connectivity index (χ2v) is 11.8. The number of carbonyl (C=O) groups is 1. The van der Waals surface area contributed by atoms with Gasteiger partial charge in [0.15, 0.2) is 0 Å². The maximum Gasteiger partial charge on any atom is 0.416 e. The van der Waals surface area contributed by atoms with Crippen molar-refractivity contribution >= 4 is 39.0 Å². The topological polar surface area (TPSA) is 66.5 Å². The zero-order valence-corrected chi connectivity index (χ0v) is 19.5. The van der Waals surface area contributed by atoms with E-state index in [9.17, 15) is 26.4 Å². The van der Waals surface area contributed by atoms with Gasteiger partial charge in [-0.05, 0) is 23.1 Å². The number of nitrogens with one attached hydrogen (secondary N) is 1. The first-order valence-electron chi connectivity index (χ1n) is 9.54. The van der Waals surface area contributed by atoms with Crippen LogP contribution in [0.1, 0.15) is 34.6 Å². The summed E-state index contributed by atoms with van der Waals surface area (Å²) in [6.07, 6.45) is -4.46. The summed E-state index contributed by atoms with van der Waals surface area (Å²) in [5, 5.41) is 4.25. The van der Waals surface area contributed by atoms with Gasteiger partial charge in [0.1, 0.15) is 9.77 Å². The summed E-state index contributed by atoms with van der Waals surface area (Å²) in [6, 6.07) is 6.41. The summed E-state index contributed by atoms with van der Waals surface area (Å²) in [5.74, 6) is 0.853. The normalized spacial score (nSPS) is 16.3. The maximum absolute atomic E-state index is 13.0. The molecule has 0 radical (unpaired) electrons. The minimum atomic E-state index is -4.46. The third-order valence-electron chi connectivity index (χ3n) is 5.09. The van der Waals surface area contributed by atoms with Crippen molar-refractivity contribution in [2.75, 3.05) is 31.1 Å². The van der Waals surface area contributed by atoms with Crippen LogP contribution in [0.25, 0.3) is 0 Å². The average Bonchev–Trinajstić information content (AvgIpc) is 3.23. The minimum absolute atomic E-state index is 0.0289. The number of thioether (sulfide) groups is 1. The number of nitrogens with zero attached hydrogens (tertiary/aromatic N) is 1. The Morgan fingerprint density at radius 3 is 2.42 bits per heavy atom. The van der Waals surface area contributed by atoms with E-state index in [2.05, 4.69) is 5.32 Å². The van der Waals surface area contributed by atoms with Crippen molar-refractivity contribution < 1.29 is 26.4 Å². The highest BCUT2D eigenvalue weighted by molar-refractivity contribution is 7.99. The van der Waals surface area contributed by atoms with Crippen LogP contribution < -0.4 is 5.32 Å². The van der Waals surface area contributed by atoms with Gasteiger partial charge in [0.2, 0.25) is 10.0 Å². The largest absolute Gasteiger partial charge is 0.416 e. The Balaban J connectivity index is 1.75. The fraction of sp³-hybridized carbons (Fsp3) is 0.450. The van der Waals surface area contributed by atoms with Crippen LogP contribution in [0.4, 0.5) is 13.2 Å². The Labute approximate surface area is 188 Å². The number of halogens is 3. The Morgan fingerprint density at radius 1 is 1.13 bits per heavy atom. The number of carbonyl (C=O) groups excluding carboxylic acids is 1. The van der Waals surface area contributed by atoms with Gasteiger partial charge < -0.3 is 5.32 Å². The van der Waals surface area contributed by atoms with Crippen molar-refractivity contribution in [1.82, 2.24) is 9.62 Å². The molecule has 0 spiro atoms. The van der Waals surface area contributed by atoms with E-state index in [-0.39, 0.29) is 16.3 Å². The molecule has 170 valence electrons. The Hall–Kier alpha value is -1.56. The molecule has 1 aromatic carbocycles. The van der Waals surface area contributed by atoms with E-state index in [1.807, 2.05) is 0 Å². The SMILES string of the molecule is CC(C)(CNC(=O)c1sccc1S(=O)(=O)N1CCSCC1)c1cccc(C(F)(F)F)c1. The molecule has 3 rings (SSSR count). The Kier molecular flexibility index (Phi) is 7.09. The van der Waals surface area contributed by atoms with Gasteiger partial charge in [-0.3, -0.25) is 4.79 Å². The molecule has 1 saturated heterocycles. The zero-order valence-electron chi connectivity index (χ0n) is 17.0. The van der Waals surface area contributed by atoms with Gasteiger partial charge in [-0.25, -0.2) is 8.42 Å². The number of amides is 1. The van der Waals surface area contributed by atoms with Crippen LogP contribution in [-0.4, -0.2) is 49.8 Å². The number of benzene rings is 1. The number of alkyl halides is 3. The predicted octanol–water partition coefficient (Wildman–Crippen LogP) is 4.21. The number of hydrogen-bond acceptors (Lipinski definition) is 5. The fourth-order valence-corrected chi connectivity index (χ4v) is 7.08. The molecular formula is C20H23F3N2O3S3. The van der Waals surface area contributed by atoms with E-state index in [1.165, 1.54) is 16.4 Å². The van der Waals surface area contributed by atoms with Crippen LogP contribution in [0.5, 0.6) is 0 Å². The lowest BCUT2D eigenvalue weighted by Gasteiger charge is -2.27. The lowest BCUT2D eigenvalue weighted by Crippen LogP contribution is -2.39. The van der Waals surface area contributed by atoms with Crippen LogP contribution in [0, 0.1) is 0 Å². The van der Waals surface area contributed by atoms with Crippen LogP contribution in [0.15, 0.2) is 40.6 Å². The highest BCUT2D eigenvalue weighted by Crippen LogP contribution is 2.33. The Morgan fingerprint density at radius 2 is 1.77 bits per heavy atom. The molecule has 1 aromatic heterocycles. The summed E-state index contributed by atoms with van der Waals surface area (Å²) < 4.78 is 66.4. The van der Waals surface area contributed by atoms with E-state index in [1.54, 1.807) is 37.1 Å². The molecule has 0 bridgehead atoms. The molecule has 1 fully saturated rings. The van der Waals surface area contributed by atoms with Crippen molar-refractivity contribution in [2.45, 2.75) is 30.3 Å². The zero-order chi connectivity index (χ0) is 22.9. The quantitative estimate of drug-likeness (QED) is 0.656. The molecule has 1 N–H and O–H groups in total. The highest BCUT2D eigenvalue weighted by Gasteiger charge is 2.34. The smallest absolute Gasteiger partial charge is 0.350 e. The molecule has 0 saturated carbocycles. The third-order valence-corrected chi connectivity index (χ3v) is 9.01. The minimum Gasteiger partial charge on any atom is -0.350 e. The Bertz CT molecular complexity index is 1040. The molecule has 0 aliphatic carbocycles. The van der Waals surface area contributed by atoms with E-state index in [0.717, 1.165) is 23.5 Å². The second-order valence-electron chi connectivity index (χ2n) is 7.78. The van der Waals surface area contributed by atoms with Gasteiger partial charge >= 0.3 is 6.18 Å². The summed E-state index contributed by atoms with van der Waals surface area (Å²) in [7, 11) is -3.78. The van der Waals surface area contributed by atoms with Gasteiger partial charge in [0.25, 0.3) is 5.91 Å². The molecule has 0 atom stereocenters. The van der Waals surface area contributed by atoms with E-state index in [0.29, 0.717) is 30.2 Å². The number of sulfonamides is 1. The van der Waals surface area contributed by atoms with E-state index in [4.69, 9.17) is 0 Å². The number of hydrogen-bond donors (Lipinski definition) is 1. The molecule has 5 nitrogen and oxygen atoms in total. The van der Waals surface area contributed by atoms with Crippen LogP contribution in [0.2, 0.25) is 0 Å². The molecule has 1 aliphatic rings. The predicted molar refractivity (Wildman–Crippen MR) is 117 cm³/mol. The monoisotopic (exact) mass is 492 g/mol. The lowest BCUT2D eigenvalue weighted by atomic mass is 9.83. The number of rotatable bonds is 6. The van der Waals surface area contributed by atoms with Crippen molar-refractivity contribution in [3.05, 3.63) is 51.7 Å². The van der Waals surface area contributed by atoms with Crippen molar-refractivity contribution in [2.24, 2.45) is 0 Å². The molecule has 1 amide bonds. The van der Waals surface area contributed by atoms with Gasteiger partial charge in [-0.15, -0.1) is 11.3 Å². The first-order valence-corrected chi connectivity index (χ1v) is 13.0. The van der Waals surface area contributed by atoms with E-state index >= 15 is 0 Å². The summed E-state index contributed by atoms with van der Waals surface area (Å²) in [6.45, 7) is 4.28. The third kappa shape index (κ3) is 5.44.